The maximum Gasteiger partial charge on any atom is 0.339 e. The summed E-state index contributed by atoms with van der Waals surface area (Å²) in [5.74, 6) is -2.87. The third-order valence-electron chi connectivity index (χ3n) is 1.84. The van der Waals surface area contributed by atoms with Crippen LogP contribution in [0.5, 0.6) is 5.75 Å². The molecule has 0 aliphatic carbocycles. The minimum Gasteiger partial charge on any atom is -0.478 e. The Kier molecular flexibility index (Phi) is 2.91. The van der Waals surface area contributed by atoms with Crippen molar-refractivity contribution in [2.24, 2.45) is 0 Å². The summed E-state index contributed by atoms with van der Waals surface area (Å²) in [6.07, 6.45) is 0. The van der Waals surface area contributed by atoms with Crippen molar-refractivity contribution < 1.29 is 29.9 Å². The van der Waals surface area contributed by atoms with Crippen molar-refractivity contribution >= 4 is 11.9 Å². The van der Waals surface area contributed by atoms with E-state index in [4.69, 9.17) is 15.5 Å². The van der Waals surface area contributed by atoms with Gasteiger partial charge in [-0.05, 0) is 24.6 Å². The Labute approximate surface area is 84.3 Å². The highest BCUT2D eigenvalue weighted by Crippen LogP contribution is 2.25. The minimum atomic E-state index is -1.37. The maximum absolute atomic E-state index is 10.7. The number of rotatable bonds is 3. The van der Waals surface area contributed by atoms with Crippen LogP contribution in [-0.2, 0) is 0 Å². The molecule has 0 fully saturated rings. The first-order valence-corrected chi connectivity index (χ1v) is 3.90. The molecule has 0 unspecified atom stereocenters. The van der Waals surface area contributed by atoms with E-state index in [1.165, 1.54) is 13.0 Å². The zero-order valence-corrected chi connectivity index (χ0v) is 7.72. The highest BCUT2D eigenvalue weighted by atomic mass is 17.1. The predicted molar refractivity (Wildman–Crippen MR) is 48.4 cm³/mol. The Bertz CT molecular complexity index is 423. The number of carboxylic acid groups (broad SMARTS) is 2. The molecule has 0 aliphatic rings. The molecule has 15 heavy (non-hydrogen) atoms. The van der Waals surface area contributed by atoms with Crippen molar-refractivity contribution in [2.75, 3.05) is 0 Å². The lowest BCUT2D eigenvalue weighted by Crippen LogP contribution is -2.06. The molecule has 0 atom stereocenters. The van der Waals surface area contributed by atoms with Crippen molar-refractivity contribution in [3.05, 3.63) is 28.8 Å². The van der Waals surface area contributed by atoms with Gasteiger partial charge in [0.25, 0.3) is 0 Å². The summed E-state index contributed by atoms with van der Waals surface area (Å²) < 4.78 is 0. The average molecular weight is 212 g/mol. The van der Waals surface area contributed by atoms with Gasteiger partial charge in [0, 0.05) is 0 Å². The highest BCUT2D eigenvalue weighted by molar-refractivity contribution is 5.96. The van der Waals surface area contributed by atoms with Crippen molar-refractivity contribution in [1.29, 1.82) is 0 Å². The van der Waals surface area contributed by atoms with Gasteiger partial charge in [-0.3, -0.25) is 0 Å². The molecule has 6 heteroatoms. The highest BCUT2D eigenvalue weighted by Gasteiger charge is 2.18. The lowest BCUT2D eigenvalue weighted by atomic mass is 10.0. The summed E-state index contributed by atoms with van der Waals surface area (Å²) in [6, 6.07) is 2.13. The Hall–Kier alpha value is -2.08. The van der Waals surface area contributed by atoms with Gasteiger partial charge in [-0.25, -0.2) is 14.8 Å². The van der Waals surface area contributed by atoms with Crippen LogP contribution in [0, 0.1) is 6.92 Å². The van der Waals surface area contributed by atoms with E-state index in [1.807, 2.05) is 0 Å². The van der Waals surface area contributed by atoms with Crippen molar-refractivity contribution in [1.82, 2.24) is 0 Å². The van der Waals surface area contributed by atoms with Gasteiger partial charge in [0.15, 0.2) is 5.75 Å². The molecule has 0 aromatic heterocycles. The minimum absolute atomic E-state index is 0.175. The summed E-state index contributed by atoms with van der Waals surface area (Å²) in [7, 11) is 0. The number of aromatic carboxylic acids is 2. The molecular weight excluding hydrogens is 204 g/mol. The number of hydrogen-bond acceptors (Lipinski definition) is 4. The SMILES string of the molecule is Cc1cc(C(=O)O)cc(C(=O)O)c1OO. The average Bonchev–Trinajstić information content (AvgIpc) is 2.16. The van der Waals surface area contributed by atoms with Crippen molar-refractivity contribution in [3.8, 4) is 5.75 Å². The Morgan fingerprint density at radius 1 is 1.20 bits per heavy atom. The van der Waals surface area contributed by atoms with Gasteiger partial charge in [0.05, 0.1) is 5.56 Å². The van der Waals surface area contributed by atoms with Gasteiger partial charge in [0.1, 0.15) is 5.56 Å². The van der Waals surface area contributed by atoms with Crippen LogP contribution in [0.4, 0.5) is 0 Å². The molecule has 0 heterocycles. The molecule has 1 rings (SSSR count). The Morgan fingerprint density at radius 2 is 1.80 bits per heavy atom. The molecule has 6 nitrogen and oxygen atoms in total. The third kappa shape index (κ3) is 2.05. The van der Waals surface area contributed by atoms with E-state index in [-0.39, 0.29) is 16.9 Å². The van der Waals surface area contributed by atoms with Crippen LogP contribution < -0.4 is 4.89 Å². The smallest absolute Gasteiger partial charge is 0.339 e. The summed E-state index contributed by atoms with van der Waals surface area (Å²) in [5.41, 5.74) is -0.338. The van der Waals surface area contributed by atoms with Crippen LogP contribution in [0.15, 0.2) is 12.1 Å². The van der Waals surface area contributed by atoms with Gasteiger partial charge >= 0.3 is 11.9 Å². The van der Waals surface area contributed by atoms with Crippen LogP contribution in [0.1, 0.15) is 26.3 Å². The lowest BCUT2D eigenvalue weighted by Gasteiger charge is -2.07. The number of aryl methyl sites for hydroxylation is 1. The first kappa shape index (κ1) is 11.0. The number of hydrogen-bond donors (Lipinski definition) is 3. The second-order valence-corrected chi connectivity index (χ2v) is 2.87. The fraction of sp³-hybridized carbons (Fsp3) is 0.111. The zero-order valence-electron chi connectivity index (χ0n) is 7.72. The normalized spacial score (nSPS) is 9.73. The molecule has 0 saturated carbocycles. The first-order chi connectivity index (χ1) is 6.97. The molecule has 0 radical (unpaired) electrons. The van der Waals surface area contributed by atoms with Gasteiger partial charge in [0.2, 0.25) is 0 Å². The molecule has 0 aliphatic heterocycles. The van der Waals surface area contributed by atoms with E-state index in [2.05, 4.69) is 4.89 Å². The summed E-state index contributed by atoms with van der Waals surface area (Å²) >= 11 is 0. The van der Waals surface area contributed by atoms with Crippen molar-refractivity contribution in [2.45, 2.75) is 6.92 Å². The second-order valence-electron chi connectivity index (χ2n) is 2.87. The van der Waals surface area contributed by atoms with E-state index < -0.39 is 17.5 Å². The van der Waals surface area contributed by atoms with Crippen LogP contribution in [0.25, 0.3) is 0 Å². The van der Waals surface area contributed by atoms with Gasteiger partial charge < -0.3 is 15.1 Å². The zero-order chi connectivity index (χ0) is 11.6. The largest absolute Gasteiger partial charge is 0.478 e. The predicted octanol–water partition coefficient (Wildman–Crippen LogP) is 1.24. The molecule has 0 bridgehead atoms. The van der Waals surface area contributed by atoms with Gasteiger partial charge in [-0.1, -0.05) is 0 Å². The van der Waals surface area contributed by atoms with Gasteiger partial charge in [-0.2, -0.15) is 0 Å². The molecule has 80 valence electrons. The fourth-order valence-corrected chi connectivity index (χ4v) is 1.18. The molecule has 0 spiro atoms. The van der Waals surface area contributed by atoms with Crippen LogP contribution in [-0.4, -0.2) is 27.4 Å². The molecule has 0 saturated heterocycles. The quantitative estimate of drug-likeness (QED) is 0.514. The lowest BCUT2D eigenvalue weighted by molar-refractivity contribution is -0.138. The number of benzene rings is 1. The van der Waals surface area contributed by atoms with E-state index in [9.17, 15) is 9.59 Å². The van der Waals surface area contributed by atoms with E-state index >= 15 is 0 Å². The number of carboxylic acids is 2. The van der Waals surface area contributed by atoms with Crippen molar-refractivity contribution in [3.63, 3.8) is 0 Å². The fourth-order valence-electron chi connectivity index (χ4n) is 1.18. The number of carbonyl (C=O) groups is 2. The van der Waals surface area contributed by atoms with Crippen LogP contribution in [0.3, 0.4) is 0 Å². The summed E-state index contributed by atoms with van der Waals surface area (Å²) in [5, 5.41) is 25.9. The summed E-state index contributed by atoms with van der Waals surface area (Å²) in [6.45, 7) is 1.43. The second kappa shape index (κ2) is 3.97. The van der Waals surface area contributed by atoms with E-state index in [0.29, 0.717) is 0 Å². The standard InChI is InChI=1S/C9H8O6/c1-4-2-5(8(10)11)3-6(9(12)13)7(4)15-14/h2-3,14H,1H3,(H,10,11)(H,12,13). The van der Waals surface area contributed by atoms with Crippen LogP contribution >= 0.6 is 0 Å². The molecule has 1 aromatic rings. The Morgan fingerprint density at radius 3 is 2.20 bits per heavy atom. The molecule has 0 amide bonds. The third-order valence-corrected chi connectivity index (χ3v) is 1.84. The molecular formula is C9H8O6. The van der Waals surface area contributed by atoms with Crippen LogP contribution in [0.2, 0.25) is 0 Å². The first-order valence-electron chi connectivity index (χ1n) is 3.90. The van der Waals surface area contributed by atoms with E-state index in [0.717, 1.165) is 6.07 Å². The summed E-state index contributed by atoms with van der Waals surface area (Å²) in [4.78, 5) is 25.3. The topological polar surface area (TPSA) is 104 Å². The van der Waals surface area contributed by atoms with Gasteiger partial charge in [-0.15, -0.1) is 0 Å². The maximum atomic E-state index is 10.7. The molecule has 3 N–H and O–H groups in total. The van der Waals surface area contributed by atoms with E-state index in [1.54, 1.807) is 0 Å². The monoisotopic (exact) mass is 212 g/mol. The Balaban J connectivity index is 3.45. The molecule has 1 aromatic carbocycles.